The Labute approximate surface area is 191 Å². The zero-order valence-electron chi connectivity index (χ0n) is 17.6. The first-order chi connectivity index (χ1) is 14.6. The van der Waals surface area contributed by atoms with E-state index >= 15 is 0 Å². The molecule has 0 spiro atoms. The number of halogens is 2. The smallest absolute Gasteiger partial charge is 0.252 e. The lowest BCUT2D eigenvalue weighted by Gasteiger charge is -2.07. The van der Waals surface area contributed by atoms with Gasteiger partial charge < -0.3 is 5.32 Å². The van der Waals surface area contributed by atoms with E-state index in [1.54, 1.807) is 12.1 Å². The maximum Gasteiger partial charge on any atom is 0.252 e. The number of anilines is 1. The second-order valence-corrected chi connectivity index (χ2v) is 8.30. The predicted molar refractivity (Wildman–Crippen MR) is 130 cm³/mol. The van der Waals surface area contributed by atoms with E-state index in [1.807, 2.05) is 36.4 Å². The Morgan fingerprint density at radius 1 is 0.767 bits per heavy atom. The van der Waals surface area contributed by atoms with Crippen molar-refractivity contribution in [2.24, 2.45) is 0 Å². The Kier molecular flexibility index (Phi) is 12.1. The highest BCUT2D eigenvalue weighted by Crippen LogP contribution is 2.13. The highest BCUT2D eigenvalue weighted by Gasteiger charge is 2.00. The number of rotatable bonds is 13. The average molecular weight is 444 g/mol. The van der Waals surface area contributed by atoms with Crippen molar-refractivity contribution in [3.8, 4) is 11.8 Å². The molecule has 0 bridgehead atoms. The van der Waals surface area contributed by atoms with E-state index in [1.165, 1.54) is 57.8 Å². The van der Waals surface area contributed by atoms with Crippen LogP contribution in [0.2, 0.25) is 5.02 Å². The Bertz CT molecular complexity index is 804. The fourth-order valence-corrected chi connectivity index (χ4v) is 3.48. The highest BCUT2D eigenvalue weighted by atomic mass is 35.5. The maximum absolute atomic E-state index is 11.0. The summed E-state index contributed by atoms with van der Waals surface area (Å²) in [5.41, 5.74) is 2.61. The van der Waals surface area contributed by atoms with Crippen LogP contribution in [0, 0.1) is 11.8 Å². The van der Waals surface area contributed by atoms with Gasteiger partial charge in [0.1, 0.15) is 0 Å². The topological polar surface area (TPSA) is 29.1 Å². The Balaban J connectivity index is 1.37. The lowest BCUT2D eigenvalue weighted by Crippen LogP contribution is -2.01. The molecular weight excluding hydrogens is 413 g/mol. The van der Waals surface area contributed by atoms with Crippen molar-refractivity contribution < 1.29 is 4.79 Å². The van der Waals surface area contributed by atoms with Gasteiger partial charge in [-0.25, -0.2) is 0 Å². The SMILES string of the molecule is O=C(Cl)c1ccc(NCCCCCCCCCCCC#Cc2ccc(Cl)cc2)cc1. The number of hydrogen-bond acceptors (Lipinski definition) is 2. The molecule has 0 unspecified atom stereocenters. The number of hydrogen-bond donors (Lipinski definition) is 1. The van der Waals surface area contributed by atoms with Gasteiger partial charge in [0, 0.05) is 34.8 Å². The zero-order valence-corrected chi connectivity index (χ0v) is 19.1. The third kappa shape index (κ3) is 10.7. The molecule has 0 saturated heterocycles. The average Bonchev–Trinajstić information content (AvgIpc) is 2.75. The van der Waals surface area contributed by atoms with Crippen LogP contribution in [0.15, 0.2) is 48.5 Å². The molecule has 1 N–H and O–H groups in total. The molecule has 0 radical (unpaired) electrons. The lowest BCUT2D eigenvalue weighted by atomic mass is 10.1. The fraction of sp³-hybridized carbons (Fsp3) is 0.423. The normalized spacial score (nSPS) is 10.3. The van der Waals surface area contributed by atoms with Gasteiger partial charge in [0.05, 0.1) is 0 Å². The molecule has 0 amide bonds. The van der Waals surface area contributed by atoms with Gasteiger partial charge in [0.15, 0.2) is 0 Å². The lowest BCUT2D eigenvalue weighted by molar-refractivity contribution is 0.108. The van der Waals surface area contributed by atoms with Crippen LogP contribution in [-0.2, 0) is 0 Å². The predicted octanol–water partition coefficient (Wildman–Crippen LogP) is 8.08. The molecular formula is C26H31Cl2NO. The van der Waals surface area contributed by atoms with Gasteiger partial charge in [-0.15, -0.1) is 0 Å². The molecule has 0 aromatic heterocycles. The van der Waals surface area contributed by atoms with Crippen molar-refractivity contribution in [1.82, 2.24) is 0 Å². The molecule has 2 aromatic rings. The summed E-state index contributed by atoms with van der Waals surface area (Å²) in [6, 6.07) is 15.0. The van der Waals surface area contributed by atoms with Crippen LogP contribution in [-0.4, -0.2) is 11.8 Å². The van der Waals surface area contributed by atoms with Crippen LogP contribution >= 0.6 is 23.2 Å². The quantitative estimate of drug-likeness (QED) is 0.192. The number of benzene rings is 2. The summed E-state index contributed by atoms with van der Waals surface area (Å²) in [6.07, 6.45) is 12.4. The van der Waals surface area contributed by atoms with Gasteiger partial charge in [-0.1, -0.05) is 68.4 Å². The van der Waals surface area contributed by atoms with Crippen LogP contribution in [0.4, 0.5) is 5.69 Å². The van der Waals surface area contributed by atoms with Crippen molar-refractivity contribution in [3.05, 3.63) is 64.7 Å². The summed E-state index contributed by atoms with van der Waals surface area (Å²) >= 11 is 11.3. The molecule has 0 fully saturated rings. The first kappa shape index (κ1) is 24.3. The van der Waals surface area contributed by atoms with E-state index < -0.39 is 5.24 Å². The summed E-state index contributed by atoms with van der Waals surface area (Å²) in [7, 11) is 0. The molecule has 4 heteroatoms. The van der Waals surface area contributed by atoms with Gasteiger partial charge in [-0.3, -0.25) is 4.79 Å². The summed E-state index contributed by atoms with van der Waals surface area (Å²) in [5, 5.41) is 3.73. The van der Waals surface area contributed by atoms with E-state index in [4.69, 9.17) is 23.2 Å². The van der Waals surface area contributed by atoms with Crippen molar-refractivity contribution in [2.45, 2.75) is 64.2 Å². The standard InChI is InChI=1S/C26H31Cl2NO/c27-24-17-13-22(14-18-24)12-10-8-6-4-2-1-3-5-7-9-11-21-29-25-19-15-23(16-20-25)26(28)30/h13-20,29H,1-9,11,21H2. The van der Waals surface area contributed by atoms with Gasteiger partial charge >= 0.3 is 0 Å². The van der Waals surface area contributed by atoms with Gasteiger partial charge in [0.2, 0.25) is 0 Å². The molecule has 2 rings (SSSR count). The van der Waals surface area contributed by atoms with Crippen molar-refractivity contribution >= 4 is 34.1 Å². The van der Waals surface area contributed by atoms with Crippen molar-refractivity contribution in [2.75, 3.05) is 11.9 Å². The molecule has 160 valence electrons. The van der Waals surface area contributed by atoms with E-state index in [0.29, 0.717) is 5.56 Å². The van der Waals surface area contributed by atoms with E-state index in [-0.39, 0.29) is 0 Å². The second-order valence-electron chi connectivity index (χ2n) is 7.52. The van der Waals surface area contributed by atoms with Crippen LogP contribution in [0.25, 0.3) is 0 Å². The summed E-state index contributed by atoms with van der Waals surface area (Å²) in [6.45, 7) is 0.964. The minimum Gasteiger partial charge on any atom is -0.385 e. The maximum atomic E-state index is 11.0. The van der Waals surface area contributed by atoms with E-state index in [9.17, 15) is 4.79 Å². The highest BCUT2D eigenvalue weighted by molar-refractivity contribution is 6.67. The first-order valence-electron chi connectivity index (χ1n) is 10.9. The fourth-order valence-electron chi connectivity index (χ4n) is 3.23. The molecule has 0 aliphatic rings. The largest absolute Gasteiger partial charge is 0.385 e. The monoisotopic (exact) mass is 443 g/mol. The Hall–Kier alpha value is -1.95. The molecule has 0 aliphatic heterocycles. The van der Waals surface area contributed by atoms with Crippen molar-refractivity contribution in [3.63, 3.8) is 0 Å². The first-order valence-corrected chi connectivity index (χ1v) is 11.7. The number of carbonyl (C=O) groups excluding carboxylic acids is 1. The third-order valence-electron chi connectivity index (χ3n) is 5.00. The van der Waals surface area contributed by atoms with Crippen LogP contribution in [0.5, 0.6) is 0 Å². The van der Waals surface area contributed by atoms with Gasteiger partial charge in [-0.05, 0) is 73.0 Å². The van der Waals surface area contributed by atoms with Gasteiger partial charge in [0.25, 0.3) is 5.24 Å². The molecule has 0 heterocycles. The third-order valence-corrected chi connectivity index (χ3v) is 5.47. The zero-order chi connectivity index (χ0) is 21.4. The second kappa shape index (κ2) is 14.9. The van der Waals surface area contributed by atoms with Crippen LogP contribution in [0.1, 0.15) is 80.1 Å². The Morgan fingerprint density at radius 3 is 1.93 bits per heavy atom. The molecule has 2 nitrogen and oxygen atoms in total. The van der Waals surface area contributed by atoms with Crippen LogP contribution in [0.3, 0.4) is 0 Å². The number of carbonyl (C=O) groups is 1. The summed E-state index contributed by atoms with van der Waals surface area (Å²) in [4.78, 5) is 11.0. The number of unbranched alkanes of at least 4 members (excludes halogenated alkanes) is 9. The molecule has 2 aromatic carbocycles. The van der Waals surface area contributed by atoms with Crippen molar-refractivity contribution in [1.29, 1.82) is 0 Å². The molecule has 30 heavy (non-hydrogen) atoms. The molecule has 0 aliphatic carbocycles. The Morgan fingerprint density at radius 2 is 1.33 bits per heavy atom. The van der Waals surface area contributed by atoms with E-state index in [0.717, 1.165) is 29.2 Å². The van der Waals surface area contributed by atoms with Gasteiger partial charge in [-0.2, -0.15) is 0 Å². The van der Waals surface area contributed by atoms with E-state index in [2.05, 4.69) is 17.2 Å². The molecule has 0 atom stereocenters. The minimum atomic E-state index is -0.413. The molecule has 0 saturated carbocycles. The summed E-state index contributed by atoms with van der Waals surface area (Å²) < 4.78 is 0. The number of nitrogens with one attached hydrogen (secondary N) is 1. The van der Waals surface area contributed by atoms with Crippen LogP contribution < -0.4 is 5.32 Å². The minimum absolute atomic E-state index is 0.413. The summed E-state index contributed by atoms with van der Waals surface area (Å²) in [5.74, 6) is 6.44.